The second-order valence-corrected chi connectivity index (χ2v) is 4.79. The van der Waals surface area contributed by atoms with Crippen LogP contribution in [0.1, 0.15) is 0 Å². The number of carbonyl (C=O) groups excluding carboxylic acids is 1. The number of aliphatic carboxylic acids is 1. The first-order chi connectivity index (χ1) is 9.65. The number of hydrogen-bond acceptors (Lipinski definition) is 5. The van der Waals surface area contributed by atoms with Crippen molar-refractivity contribution in [3.63, 3.8) is 0 Å². The lowest BCUT2D eigenvalue weighted by atomic mass is 10.2. The maximum absolute atomic E-state index is 11.3. The van der Waals surface area contributed by atoms with E-state index in [0.717, 1.165) is 11.3 Å². The van der Waals surface area contributed by atoms with Crippen LogP contribution in [0.25, 0.3) is 11.3 Å². The first kappa shape index (κ1) is 14.0. The highest BCUT2D eigenvalue weighted by molar-refractivity contribution is 7.14. The Labute approximate surface area is 119 Å². The number of carboxylic acids is 1. The number of nitrogens with one attached hydrogen (secondary N) is 2. The lowest BCUT2D eigenvalue weighted by Gasteiger charge is -2.02. The van der Waals surface area contributed by atoms with Crippen LogP contribution in [0.15, 0.2) is 35.7 Å². The Bertz CT molecular complexity index is 598. The molecule has 20 heavy (non-hydrogen) atoms. The number of aromatic nitrogens is 1. The summed E-state index contributed by atoms with van der Waals surface area (Å²) in [5.41, 5.74) is 1.84. The third kappa shape index (κ3) is 4.06. The summed E-state index contributed by atoms with van der Waals surface area (Å²) in [6.45, 7) is -0.386. The molecule has 0 aliphatic carbocycles. The number of rotatable bonds is 6. The number of carbonyl (C=O) groups is 2. The van der Waals surface area contributed by atoms with Gasteiger partial charge in [-0.05, 0) is 0 Å². The SMILES string of the molecule is O=C(O)CNC(=O)CNc1nc(-c2ccccc2)cs1. The molecule has 0 saturated carbocycles. The van der Waals surface area contributed by atoms with Crippen molar-refractivity contribution in [1.82, 2.24) is 10.3 Å². The molecule has 2 rings (SSSR count). The fourth-order valence-corrected chi connectivity index (χ4v) is 2.21. The highest BCUT2D eigenvalue weighted by atomic mass is 32.1. The van der Waals surface area contributed by atoms with Gasteiger partial charge in [0.05, 0.1) is 12.2 Å². The topological polar surface area (TPSA) is 91.3 Å². The third-order valence-electron chi connectivity index (χ3n) is 2.41. The van der Waals surface area contributed by atoms with E-state index in [4.69, 9.17) is 5.11 Å². The predicted octanol–water partition coefficient (Wildman–Crippen LogP) is 1.42. The maximum Gasteiger partial charge on any atom is 0.322 e. The van der Waals surface area contributed by atoms with Crippen molar-refractivity contribution in [3.05, 3.63) is 35.7 Å². The first-order valence-corrected chi connectivity index (χ1v) is 6.76. The summed E-state index contributed by atoms with van der Waals surface area (Å²) in [6.07, 6.45) is 0. The van der Waals surface area contributed by atoms with Gasteiger partial charge >= 0.3 is 5.97 Å². The van der Waals surface area contributed by atoms with Crippen LogP contribution in [0.5, 0.6) is 0 Å². The van der Waals surface area contributed by atoms with E-state index < -0.39 is 5.97 Å². The van der Waals surface area contributed by atoms with E-state index in [1.807, 2.05) is 35.7 Å². The van der Waals surface area contributed by atoms with Crippen LogP contribution in [0.4, 0.5) is 5.13 Å². The molecule has 0 saturated heterocycles. The number of anilines is 1. The Morgan fingerprint density at radius 3 is 2.65 bits per heavy atom. The zero-order valence-electron chi connectivity index (χ0n) is 10.5. The van der Waals surface area contributed by atoms with E-state index in [0.29, 0.717) is 5.13 Å². The summed E-state index contributed by atoms with van der Waals surface area (Å²) in [5.74, 6) is -1.46. The van der Waals surface area contributed by atoms with Gasteiger partial charge in [0.2, 0.25) is 5.91 Å². The molecule has 0 bridgehead atoms. The molecule has 2 aromatic rings. The second-order valence-electron chi connectivity index (χ2n) is 3.93. The van der Waals surface area contributed by atoms with Gasteiger partial charge in [0.15, 0.2) is 5.13 Å². The molecule has 3 N–H and O–H groups in total. The van der Waals surface area contributed by atoms with Gasteiger partial charge in [-0.3, -0.25) is 9.59 Å². The molecule has 1 aromatic heterocycles. The minimum Gasteiger partial charge on any atom is -0.480 e. The molecule has 104 valence electrons. The monoisotopic (exact) mass is 291 g/mol. The standard InChI is InChI=1S/C13H13N3O3S/c17-11(14-7-12(18)19)6-15-13-16-10(8-20-13)9-4-2-1-3-5-9/h1-5,8H,6-7H2,(H,14,17)(H,15,16)(H,18,19). The average molecular weight is 291 g/mol. The van der Waals surface area contributed by atoms with Gasteiger partial charge in [-0.15, -0.1) is 11.3 Å². The van der Waals surface area contributed by atoms with E-state index in [-0.39, 0.29) is 19.0 Å². The van der Waals surface area contributed by atoms with Crippen LogP contribution in [0.2, 0.25) is 0 Å². The first-order valence-electron chi connectivity index (χ1n) is 5.88. The molecule has 0 unspecified atom stereocenters. The molecule has 1 amide bonds. The maximum atomic E-state index is 11.3. The van der Waals surface area contributed by atoms with Crippen molar-refractivity contribution in [1.29, 1.82) is 0 Å². The van der Waals surface area contributed by atoms with E-state index in [1.54, 1.807) is 0 Å². The molecule has 0 atom stereocenters. The average Bonchev–Trinajstić information content (AvgIpc) is 2.93. The number of carboxylic acid groups (broad SMARTS) is 1. The minimum absolute atomic E-state index is 0.00494. The largest absolute Gasteiger partial charge is 0.480 e. The van der Waals surface area contributed by atoms with E-state index in [2.05, 4.69) is 15.6 Å². The number of hydrogen-bond donors (Lipinski definition) is 3. The van der Waals surface area contributed by atoms with E-state index in [1.165, 1.54) is 11.3 Å². The quantitative estimate of drug-likeness (QED) is 0.748. The minimum atomic E-state index is -1.07. The van der Waals surface area contributed by atoms with Gasteiger partial charge in [0, 0.05) is 10.9 Å². The molecule has 0 aliphatic rings. The van der Waals surface area contributed by atoms with Crippen molar-refractivity contribution < 1.29 is 14.7 Å². The van der Waals surface area contributed by atoms with Crippen molar-refractivity contribution in [2.75, 3.05) is 18.4 Å². The van der Waals surface area contributed by atoms with Gasteiger partial charge in [-0.1, -0.05) is 30.3 Å². The third-order valence-corrected chi connectivity index (χ3v) is 3.21. The van der Waals surface area contributed by atoms with Crippen molar-refractivity contribution in [2.45, 2.75) is 0 Å². The second kappa shape index (κ2) is 6.67. The summed E-state index contributed by atoms with van der Waals surface area (Å²) < 4.78 is 0. The molecule has 1 aromatic carbocycles. The van der Waals surface area contributed by atoms with Crippen molar-refractivity contribution in [2.24, 2.45) is 0 Å². The van der Waals surface area contributed by atoms with Crippen LogP contribution in [0, 0.1) is 0 Å². The zero-order chi connectivity index (χ0) is 14.4. The molecule has 0 spiro atoms. The Kier molecular flexibility index (Phi) is 4.67. The van der Waals surface area contributed by atoms with Gasteiger partial charge in [0.1, 0.15) is 6.54 Å². The molecular weight excluding hydrogens is 278 g/mol. The fourth-order valence-electron chi connectivity index (χ4n) is 1.49. The van der Waals surface area contributed by atoms with Crippen LogP contribution in [0.3, 0.4) is 0 Å². The van der Waals surface area contributed by atoms with Crippen LogP contribution in [-0.4, -0.2) is 35.1 Å². The van der Waals surface area contributed by atoms with Crippen molar-refractivity contribution >= 4 is 28.3 Å². The highest BCUT2D eigenvalue weighted by Crippen LogP contribution is 2.24. The van der Waals surface area contributed by atoms with Gasteiger partial charge in [0.25, 0.3) is 0 Å². The molecule has 0 radical (unpaired) electrons. The van der Waals surface area contributed by atoms with Crippen LogP contribution >= 0.6 is 11.3 Å². The van der Waals surface area contributed by atoms with Crippen LogP contribution in [-0.2, 0) is 9.59 Å². The number of amides is 1. The highest BCUT2D eigenvalue weighted by Gasteiger charge is 2.07. The molecule has 0 fully saturated rings. The molecule has 0 aliphatic heterocycles. The van der Waals surface area contributed by atoms with Gasteiger partial charge in [-0.2, -0.15) is 0 Å². The number of thiazole rings is 1. The summed E-state index contributed by atoms with van der Waals surface area (Å²) in [6, 6.07) is 9.71. The normalized spacial score (nSPS) is 10.0. The number of nitrogens with zero attached hydrogens (tertiary/aromatic N) is 1. The zero-order valence-corrected chi connectivity index (χ0v) is 11.3. The Morgan fingerprint density at radius 1 is 1.20 bits per heavy atom. The molecule has 6 nitrogen and oxygen atoms in total. The summed E-state index contributed by atoms with van der Waals surface area (Å²) in [4.78, 5) is 26.0. The van der Waals surface area contributed by atoms with Gasteiger partial charge < -0.3 is 15.7 Å². The summed E-state index contributed by atoms with van der Waals surface area (Å²) >= 11 is 1.39. The predicted molar refractivity (Wildman–Crippen MR) is 76.7 cm³/mol. The summed E-state index contributed by atoms with van der Waals surface area (Å²) in [7, 11) is 0. The van der Waals surface area contributed by atoms with Gasteiger partial charge in [-0.25, -0.2) is 4.98 Å². The lowest BCUT2D eigenvalue weighted by Crippen LogP contribution is -2.33. The molecule has 1 heterocycles. The Hall–Kier alpha value is -2.41. The van der Waals surface area contributed by atoms with E-state index >= 15 is 0 Å². The van der Waals surface area contributed by atoms with Crippen LogP contribution < -0.4 is 10.6 Å². The fraction of sp³-hybridized carbons (Fsp3) is 0.154. The Morgan fingerprint density at radius 2 is 1.95 bits per heavy atom. The molecular formula is C13H13N3O3S. The van der Waals surface area contributed by atoms with Crippen molar-refractivity contribution in [3.8, 4) is 11.3 Å². The van der Waals surface area contributed by atoms with E-state index in [9.17, 15) is 9.59 Å². The lowest BCUT2D eigenvalue weighted by molar-refractivity contribution is -0.137. The number of benzene rings is 1. The smallest absolute Gasteiger partial charge is 0.322 e. The molecule has 7 heteroatoms. The summed E-state index contributed by atoms with van der Waals surface area (Å²) in [5, 5.41) is 16.1. The Balaban J connectivity index is 1.87.